The van der Waals surface area contributed by atoms with Crippen LogP contribution in [0.4, 0.5) is 0 Å². The first-order valence-electron chi connectivity index (χ1n) is 7.34. The molecule has 0 heterocycles. The molecule has 0 unspecified atom stereocenters. The van der Waals surface area contributed by atoms with Crippen molar-refractivity contribution in [3.05, 3.63) is 0 Å². The van der Waals surface area contributed by atoms with Crippen LogP contribution in [0.1, 0.15) is 60.3 Å². The zero-order valence-electron chi connectivity index (χ0n) is 13.2. The predicted octanol–water partition coefficient (Wildman–Crippen LogP) is 2.58. The number of rotatable bonds is 8. The summed E-state index contributed by atoms with van der Waals surface area (Å²) < 4.78 is 0. The van der Waals surface area contributed by atoms with Crippen LogP contribution in [-0.2, 0) is 9.59 Å². The van der Waals surface area contributed by atoms with Gasteiger partial charge in [0.1, 0.15) is 0 Å². The average Bonchev–Trinajstić information content (AvgIpc) is 2.30. The van der Waals surface area contributed by atoms with Gasteiger partial charge in [0.2, 0.25) is 11.8 Å². The SMILES string of the molecule is CCCN(CCCNC(=O)CC(C)(C)C)C(=O)CC. The zero-order chi connectivity index (χ0) is 14.9. The van der Waals surface area contributed by atoms with Crippen molar-refractivity contribution >= 4 is 11.8 Å². The van der Waals surface area contributed by atoms with Gasteiger partial charge in [-0.05, 0) is 18.3 Å². The molecular weight excluding hydrogens is 240 g/mol. The molecule has 0 aromatic rings. The number of nitrogens with one attached hydrogen (secondary N) is 1. The van der Waals surface area contributed by atoms with Gasteiger partial charge < -0.3 is 10.2 Å². The fourth-order valence-electron chi connectivity index (χ4n) is 1.90. The Hall–Kier alpha value is -1.06. The lowest BCUT2D eigenvalue weighted by Gasteiger charge is -2.22. The van der Waals surface area contributed by atoms with Crippen LogP contribution >= 0.6 is 0 Å². The van der Waals surface area contributed by atoms with Crippen molar-refractivity contribution in [2.24, 2.45) is 5.41 Å². The first kappa shape index (κ1) is 17.9. The normalized spacial score (nSPS) is 11.2. The molecule has 0 fully saturated rings. The third-order valence-electron chi connectivity index (χ3n) is 2.77. The topological polar surface area (TPSA) is 49.4 Å². The second-order valence-corrected chi connectivity index (χ2v) is 6.18. The molecule has 0 radical (unpaired) electrons. The number of hydrogen-bond donors (Lipinski definition) is 1. The molecule has 0 atom stereocenters. The van der Waals surface area contributed by atoms with E-state index in [4.69, 9.17) is 0 Å². The van der Waals surface area contributed by atoms with Crippen LogP contribution in [0.2, 0.25) is 0 Å². The lowest BCUT2D eigenvalue weighted by molar-refractivity contribution is -0.130. The smallest absolute Gasteiger partial charge is 0.222 e. The largest absolute Gasteiger partial charge is 0.356 e. The average molecular weight is 270 g/mol. The van der Waals surface area contributed by atoms with Crippen LogP contribution in [0.25, 0.3) is 0 Å². The molecule has 0 saturated heterocycles. The molecule has 2 amide bonds. The molecule has 0 aromatic carbocycles. The van der Waals surface area contributed by atoms with Crippen molar-refractivity contribution in [2.75, 3.05) is 19.6 Å². The zero-order valence-corrected chi connectivity index (χ0v) is 13.2. The second-order valence-electron chi connectivity index (χ2n) is 6.18. The minimum atomic E-state index is 0.0243. The van der Waals surface area contributed by atoms with Crippen molar-refractivity contribution < 1.29 is 9.59 Å². The van der Waals surface area contributed by atoms with Crippen molar-refractivity contribution in [3.8, 4) is 0 Å². The van der Waals surface area contributed by atoms with Gasteiger partial charge in [-0.1, -0.05) is 34.6 Å². The van der Waals surface area contributed by atoms with E-state index in [1.165, 1.54) is 0 Å². The van der Waals surface area contributed by atoms with E-state index < -0.39 is 0 Å². The maximum Gasteiger partial charge on any atom is 0.222 e. The van der Waals surface area contributed by atoms with E-state index in [1.807, 2.05) is 11.8 Å². The van der Waals surface area contributed by atoms with Crippen LogP contribution in [0.5, 0.6) is 0 Å². The summed E-state index contributed by atoms with van der Waals surface area (Å²) in [5.74, 6) is 0.291. The third-order valence-corrected chi connectivity index (χ3v) is 2.77. The van der Waals surface area contributed by atoms with E-state index in [0.29, 0.717) is 19.4 Å². The maximum absolute atomic E-state index is 11.7. The number of hydrogen-bond acceptors (Lipinski definition) is 2. The predicted molar refractivity (Wildman–Crippen MR) is 78.9 cm³/mol. The fraction of sp³-hybridized carbons (Fsp3) is 0.867. The van der Waals surface area contributed by atoms with E-state index in [0.717, 1.165) is 25.9 Å². The molecule has 0 spiro atoms. The Morgan fingerprint density at radius 3 is 2.21 bits per heavy atom. The number of amides is 2. The molecule has 4 nitrogen and oxygen atoms in total. The fourth-order valence-corrected chi connectivity index (χ4v) is 1.90. The number of carbonyl (C=O) groups excluding carboxylic acids is 2. The van der Waals surface area contributed by atoms with Crippen LogP contribution in [-0.4, -0.2) is 36.3 Å². The summed E-state index contributed by atoms with van der Waals surface area (Å²) in [4.78, 5) is 25.2. The maximum atomic E-state index is 11.7. The van der Waals surface area contributed by atoms with Crippen LogP contribution in [0.15, 0.2) is 0 Å². The van der Waals surface area contributed by atoms with Gasteiger partial charge in [-0.15, -0.1) is 0 Å². The Kier molecular flexibility index (Phi) is 8.44. The molecule has 1 N–H and O–H groups in total. The Balaban J connectivity index is 3.88. The van der Waals surface area contributed by atoms with Gasteiger partial charge in [-0.2, -0.15) is 0 Å². The highest BCUT2D eigenvalue weighted by Gasteiger charge is 2.15. The van der Waals surface area contributed by atoms with Gasteiger partial charge >= 0.3 is 0 Å². The molecule has 0 bridgehead atoms. The lowest BCUT2D eigenvalue weighted by Crippen LogP contribution is -2.35. The van der Waals surface area contributed by atoms with Gasteiger partial charge in [-0.3, -0.25) is 9.59 Å². The first-order valence-corrected chi connectivity index (χ1v) is 7.34. The Bertz CT molecular complexity index is 282. The van der Waals surface area contributed by atoms with Gasteiger partial charge in [-0.25, -0.2) is 0 Å². The summed E-state index contributed by atoms with van der Waals surface area (Å²) in [5, 5.41) is 2.92. The van der Waals surface area contributed by atoms with Crippen LogP contribution in [0.3, 0.4) is 0 Å². The van der Waals surface area contributed by atoms with E-state index in [-0.39, 0.29) is 17.2 Å². The molecular formula is C15H30N2O2. The standard InChI is InChI=1S/C15H30N2O2/c1-6-10-17(14(19)7-2)11-8-9-16-13(18)12-15(3,4)5/h6-12H2,1-5H3,(H,16,18). The first-order chi connectivity index (χ1) is 8.80. The molecule has 0 aromatic heterocycles. The van der Waals surface area contributed by atoms with Crippen LogP contribution in [0, 0.1) is 5.41 Å². The summed E-state index contributed by atoms with van der Waals surface area (Å²) in [7, 11) is 0. The minimum Gasteiger partial charge on any atom is -0.356 e. The summed E-state index contributed by atoms with van der Waals surface area (Å²) in [6.45, 7) is 12.3. The van der Waals surface area contributed by atoms with Gasteiger partial charge in [0.05, 0.1) is 0 Å². The highest BCUT2D eigenvalue weighted by atomic mass is 16.2. The molecule has 0 rings (SSSR count). The summed E-state index contributed by atoms with van der Waals surface area (Å²) in [6.07, 6.45) is 2.89. The Morgan fingerprint density at radius 1 is 1.11 bits per heavy atom. The third kappa shape index (κ3) is 9.51. The second kappa shape index (κ2) is 8.94. The van der Waals surface area contributed by atoms with Crippen molar-refractivity contribution in [1.82, 2.24) is 10.2 Å². The lowest BCUT2D eigenvalue weighted by atomic mass is 9.92. The monoisotopic (exact) mass is 270 g/mol. The highest BCUT2D eigenvalue weighted by molar-refractivity contribution is 5.76. The van der Waals surface area contributed by atoms with E-state index >= 15 is 0 Å². The summed E-state index contributed by atoms with van der Waals surface area (Å²) in [5.41, 5.74) is 0.0243. The van der Waals surface area contributed by atoms with Gasteiger partial charge in [0.15, 0.2) is 0 Å². The van der Waals surface area contributed by atoms with Gasteiger partial charge in [0, 0.05) is 32.5 Å². The minimum absolute atomic E-state index is 0.0243. The molecule has 4 heteroatoms. The summed E-state index contributed by atoms with van der Waals surface area (Å²) in [6, 6.07) is 0. The molecule has 0 aliphatic rings. The van der Waals surface area contributed by atoms with E-state index in [1.54, 1.807) is 0 Å². The van der Waals surface area contributed by atoms with Crippen LogP contribution < -0.4 is 5.32 Å². The molecule has 0 saturated carbocycles. The Labute approximate surface area is 117 Å². The van der Waals surface area contributed by atoms with Crippen molar-refractivity contribution in [2.45, 2.75) is 60.3 Å². The highest BCUT2D eigenvalue weighted by Crippen LogP contribution is 2.17. The molecule has 112 valence electrons. The summed E-state index contributed by atoms with van der Waals surface area (Å²) >= 11 is 0. The van der Waals surface area contributed by atoms with Crippen molar-refractivity contribution in [3.63, 3.8) is 0 Å². The van der Waals surface area contributed by atoms with E-state index in [9.17, 15) is 9.59 Å². The van der Waals surface area contributed by atoms with Gasteiger partial charge in [0.25, 0.3) is 0 Å². The molecule has 0 aliphatic carbocycles. The van der Waals surface area contributed by atoms with E-state index in [2.05, 4.69) is 33.0 Å². The molecule has 19 heavy (non-hydrogen) atoms. The van der Waals surface area contributed by atoms with Crippen molar-refractivity contribution in [1.29, 1.82) is 0 Å². The number of carbonyl (C=O) groups is 2. The quantitative estimate of drug-likeness (QED) is 0.689. The Morgan fingerprint density at radius 2 is 1.74 bits per heavy atom. The number of nitrogens with zero attached hydrogens (tertiary/aromatic N) is 1. The molecule has 0 aliphatic heterocycles.